The van der Waals surface area contributed by atoms with Gasteiger partial charge in [0.1, 0.15) is 11.6 Å². The molecule has 28 heavy (non-hydrogen) atoms. The SMILES string of the molecule is CC(C)S(=O)(=O)c1ccc(C(=O)Nc2nc(-c3c(F)cccc3F)cs2)cc1. The lowest BCUT2D eigenvalue weighted by Crippen LogP contribution is -2.15. The third kappa shape index (κ3) is 3.95. The van der Waals surface area contributed by atoms with Crippen LogP contribution >= 0.6 is 11.3 Å². The minimum atomic E-state index is -3.43. The topological polar surface area (TPSA) is 76.1 Å². The Morgan fingerprint density at radius 3 is 2.25 bits per heavy atom. The number of amides is 1. The maximum Gasteiger partial charge on any atom is 0.257 e. The Morgan fingerprint density at radius 2 is 1.68 bits per heavy atom. The molecule has 0 saturated carbocycles. The van der Waals surface area contributed by atoms with Crippen LogP contribution in [0.15, 0.2) is 52.7 Å². The number of nitrogens with zero attached hydrogens (tertiary/aromatic N) is 1. The lowest BCUT2D eigenvalue weighted by molar-refractivity contribution is 0.102. The molecule has 146 valence electrons. The van der Waals surface area contributed by atoms with Gasteiger partial charge in [0.2, 0.25) is 0 Å². The molecule has 0 bridgehead atoms. The molecule has 9 heteroatoms. The first-order valence-electron chi connectivity index (χ1n) is 8.25. The van der Waals surface area contributed by atoms with Gasteiger partial charge in [-0.1, -0.05) is 6.07 Å². The second-order valence-corrected chi connectivity index (χ2v) is 9.57. The van der Waals surface area contributed by atoms with Crippen molar-refractivity contribution in [2.24, 2.45) is 0 Å². The number of carbonyl (C=O) groups excluding carboxylic acids is 1. The van der Waals surface area contributed by atoms with Gasteiger partial charge in [-0.3, -0.25) is 10.1 Å². The van der Waals surface area contributed by atoms with Crippen molar-refractivity contribution in [2.45, 2.75) is 24.0 Å². The fraction of sp³-hybridized carbons (Fsp3) is 0.158. The van der Waals surface area contributed by atoms with Gasteiger partial charge in [0.25, 0.3) is 5.91 Å². The summed E-state index contributed by atoms with van der Waals surface area (Å²) in [5, 5.41) is 3.58. The summed E-state index contributed by atoms with van der Waals surface area (Å²) in [5.74, 6) is -2.00. The van der Waals surface area contributed by atoms with Gasteiger partial charge in [0.15, 0.2) is 15.0 Å². The quantitative estimate of drug-likeness (QED) is 0.656. The van der Waals surface area contributed by atoms with Crippen molar-refractivity contribution >= 4 is 32.2 Å². The van der Waals surface area contributed by atoms with E-state index >= 15 is 0 Å². The smallest absolute Gasteiger partial charge is 0.257 e. The number of sulfone groups is 1. The molecule has 0 atom stereocenters. The minimum Gasteiger partial charge on any atom is -0.298 e. The van der Waals surface area contributed by atoms with E-state index < -0.39 is 32.6 Å². The van der Waals surface area contributed by atoms with E-state index in [1.165, 1.54) is 35.7 Å². The highest BCUT2D eigenvalue weighted by atomic mass is 32.2. The number of anilines is 1. The van der Waals surface area contributed by atoms with Crippen LogP contribution in [0.1, 0.15) is 24.2 Å². The first-order valence-corrected chi connectivity index (χ1v) is 10.7. The molecule has 0 aliphatic heterocycles. The zero-order valence-corrected chi connectivity index (χ0v) is 16.6. The van der Waals surface area contributed by atoms with Gasteiger partial charge in [0, 0.05) is 10.9 Å². The van der Waals surface area contributed by atoms with Crippen molar-refractivity contribution < 1.29 is 22.0 Å². The fourth-order valence-electron chi connectivity index (χ4n) is 2.43. The van der Waals surface area contributed by atoms with E-state index in [-0.39, 0.29) is 26.8 Å². The van der Waals surface area contributed by atoms with Crippen molar-refractivity contribution in [3.8, 4) is 11.3 Å². The Bertz CT molecular complexity index is 1100. The highest BCUT2D eigenvalue weighted by Crippen LogP contribution is 2.29. The molecule has 3 aromatic rings. The summed E-state index contributed by atoms with van der Waals surface area (Å²) >= 11 is 1.02. The average molecular weight is 422 g/mol. The van der Waals surface area contributed by atoms with Gasteiger partial charge < -0.3 is 0 Å². The first kappa shape index (κ1) is 20.1. The molecule has 5 nitrogen and oxygen atoms in total. The molecule has 1 N–H and O–H groups in total. The molecule has 0 saturated heterocycles. The summed E-state index contributed by atoms with van der Waals surface area (Å²) in [6, 6.07) is 9.04. The Balaban J connectivity index is 1.78. The average Bonchev–Trinajstić information content (AvgIpc) is 3.09. The molecule has 0 aliphatic carbocycles. The van der Waals surface area contributed by atoms with E-state index in [9.17, 15) is 22.0 Å². The molecule has 1 heterocycles. The Hall–Kier alpha value is -2.65. The van der Waals surface area contributed by atoms with Crippen LogP contribution in [0.2, 0.25) is 0 Å². The van der Waals surface area contributed by atoms with E-state index in [0.717, 1.165) is 23.5 Å². The molecule has 3 rings (SSSR count). The summed E-state index contributed by atoms with van der Waals surface area (Å²) in [4.78, 5) is 16.5. The maximum atomic E-state index is 13.9. The minimum absolute atomic E-state index is 0.0780. The number of rotatable bonds is 5. The number of halogens is 2. The van der Waals surface area contributed by atoms with Crippen LogP contribution in [0.4, 0.5) is 13.9 Å². The van der Waals surface area contributed by atoms with E-state index in [4.69, 9.17) is 0 Å². The zero-order valence-electron chi connectivity index (χ0n) is 14.9. The Morgan fingerprint density at radius 1 is 1.07 bits per heavy atom. The summed E-state index contributed by atoms with van der Waals surface area (Å²) in [5.41, 5.74) is 0.0493. The van der Waals surface area contributed by atoms with Gasteiger partial charge in [-0.15, -0.1) is 11.3 Å². The molecule has 0 spiro atoms. The van der Waals surface area contributed by atoms with Gasteiger partial charge in [-0.25, -0.2) is 22.2 Å². The second-order valence-electron chi connectivity index (χ2n) is 6.21. The molecule has 0 radical (unpaired) electrons. The maximum absolute atomic E-state index is 13.9. The number of aromatic nitrogens is 1. The van der Waals surface area contributed by atoms with Gasteiger partial charge >= 0.3 is 0 Å². The van der Waals surface area contributed by atoms with Crippen LogP contribution in [-0.2, 0) is 9.84 Å². The van der Waals surface area contributed by atoms with E-state index in [1.807, 2.05) is 0 Å². The predicted molar refractivity (Wildman–Crippen MR) is 104 cm³/mol. The fourth-order valence-corrected chi connectivity index (χ4v) is 4.18. The van der Waals surface area contributed by atoms with Crippen LogP contribution < -0.4 is 5.32 Å². The van der Waals surface area contributed by atoms with Crippen molar-refractivity contribution in [3.63, 3.8) is 0 Å². The molecule has 2 aromatic carbocycles. The number of hydrogen-bond donors (Lipinski definition) is 1. The van der Waals surface area contributed by atoms with Crippen LogP contribution in [-0.4, -0.2) is 24.6 Å². The Kier molecular flexibility index (Phi) is 5.57. The normalized spacial score (nSPS) is 11.6. The highest BCUT2D eigenvalue weighted by molar-refractivity contribution is 7.92. The number of thiazole rings is 1. The molecule has 0 aliphatic rings. The van der Waals surface area contributed by atoms with Crippen molar-refractivity contribution in [1.82, 2.24) is 4.98 Å². The lowest BCUT2D eigenvalue weighted by atomic mass is 10.1. The number of benzene rings is 2. The van der Waals surface area contributed by atoms with Gasteiger partial charge in [-0.2, -0.15) is 0 Å². The second kappa shape index (κ2) is 7.76. The Labute approximate surface area is 165 Å². The molecule has 1 amide bonds. The summed E-state index contributed by atoms with van der Waals surface area (Å²) in [7, 11) is -3.43. The van der Waals surface area contributed by atoms with Gasteiger partial charge in [-0.05, 0) is 50.2 Å². The predicted octanol–water partition coefficient (Wildman–Crippen LogP) is 4.52. The summed E-state index contributed by atoms with van der Waals surface area (Å²) in [6.07, 6.45) is 0. The van der Waals surface area contributed by atoms with E-state index in [1.54, 1.807) is 13.8 Å². The number of nitrogens with one attached hydrogen (secondary N) is 1. The molecule has 0 unspecified atom stereocenters. The first-order chi connectivity index (χ1) is 13.2. The third-order valence-electron chi connectivity index (χ3n) is 4.01. The van der Waals surface area contributed by atoms with E-state index in [2.05, 4.69) is 10.3 Å². The van der Waals surface area contributed by atoms with Crippen LogP contribution in [0.5, 0.6) is 0 Å². The van der Waals surface area contributed by atoms with Crippen molar-refractivity contribution in [1.29, 1.82) is 0 Å². The van der Waals surface area contributed by atoms with Crippen LogP contribution in [0, 0.1) is 11.6 Å². The van der Waals surface area contributed by atoms with Crippen molar-refractivity contribution in [3.05, 3.63) is 65.0 Å². The zero-order chi connectivity index (χ0) is 20.5. The van der Waals surface area contributed by atoms with Crippen LogP contribution in [0.25, 0.3) is 11.3 Å². The molecule has 0 fully saturated rings. The summed E-state index contributed by atoms with van der Waals surface area (Å²) < 4.78 is 52.0. The third-order valence-corrected chi connectivity index (χ3v) is 6.94. The van der Waals surface area contributed by atoms with Gasteiger partial charge in [0.05, 0.1) is 21.4 Å². The molecular formula is C19H16F2N2O3S2. The van der Waals surface area contributed by atoms with Crippen molar-refractivity contribution in [2.75, 3.05) is 5.32 Å². The van der Waals surface area contributed by atoms with Crippen LogP contribution in [0.3, 0.4) is 0 Å². The molecular weight excluding hydrogens is 406 g/mol. The number of hydrogen-bond acceptors (Lipinski definition) is 5. The summed E-state index contributed by atoms with van der Waals surface area (Å²) in [6.45, 7) is 3.16. The number of carbonyl (C=O) groups is 1. The monoisotopic (exact) mass is 422 g/mol. The largest absolute Gasteiger partial charge is 0.298 e. The lowest BCUT2D eigenvalue weighted by Gasteiger charge is -2.08. The highest BCUT2D eigenvalue weighted by Gasteiger charge is 2.20. The molecule has 1 aromatic heterocycles. The standard InChI is InChI=1S/C19H16F2N2O3S2/c1-11(2)28(25,26)13-8-6-12(7-9-13)18(24)23-19-22-16(10-27-19)17-14(20)4-3-5-15(17)21/h3-11H,1-2H3,(H,22,23,24). The van der Waals surface area contributed by atoms with E-state index in [0.29, 0.717) is 0 Å².